The number of nitrogens with zero attached hydrogens (tertiary/aromatic N) is 1. The van der Waals surface area contributed by atoms with E-state index in [0.29, 0.717) is 25.3 Å². The fourth-order valence-electron chi connectivity index (χ4n) is 1.96. The molecule has 1 saturated heterocycles. The van der Waals surface area contributed by atoms with Crippen LogP contribution in [0.3, 0.4) is 0 Å². The molecule has 19 heavy (non-hydrogen) atoms. The molecule has 1 aliphatic heterocycles. The monoisotopic (exact) mass is 264 g/mol. The molecule has 0 atom stereocenters. The predicted octanol–water partition coefficient (Wildman–Crippen LogP) is 0.363. The highest BCUT2D eigenvalue weighted by atomic mass is 16.5. The topological polar surface area (TPSA) is 78.9 Å². The van der Waals surface area contributed by atoms with E-state index < -0.39 is 0 Å². The Kier molecular flexibility index (Phi) is 3.89. The molecule has 1 fully saturated rings. The highest BCUT2D eigenvalue weighted by molar-refractivity contribution is 5.99. The number of aromatic hydroxyl groups is 1. The molecular formula is C13H16N2O4. The minimum Gasteiger partial charge on any atom is -0.507 e. The third-order valence-electron chi connectivity index (χ3n) is 2.98. The van der Waals surface area contributed by atoms with E-state index >= 15 is 0 Å². The number of hydrogen-bond donors (Lipinski definition) is 2. The van der Waals surface area contributed by atoms with Crippen molar-refractivity contribution in [2.75, 3.05) is 26.7 Å². The fourth-order valence-corrected chi connectivity index (χ4v) is 1.96. The van der Waals surface area contributed by atoms with E-state index in [0.717, 1.165) is 0 Å². The molecule has 0 spiro atoms. The van der Waals surface area contributed by atoms with Gasteiger partial charge in [0, 0.05) is 13.1 Å². The van der Waals surface area contributed by atoms with Gasteiger partial charge in [0.1, 0.15) is 11.5 Å². The molecule has 0 radical (unpaired) electrons. The fraction of sp³-hybridized carbons (Fsp3) is 0.385. The Hall–Kier alpha value is -2.24. The molecule has 1 aliphatic rings. The molecular weight excluding hydrogens is 248 g/mol. The van der Waals surface area contributed by atoms with Crippen LogP contribution in [-0.2, 0) is 4.79 Å². The zero-order chi connectivity index (χ0) is 13.8. The number of phenols is 1. The minimum absolute atomic E-state index is 0.00941. The average Bonchev–Trinajstić information content (AvgIpc) is 2.63. The minimum atomic E-state index is -0.367. The number of benzene rings is 1. The Labute approximate surface area is 111 Å². The summed E-state index contributed by atoms with van der Waals surface area (Å²) in [4.78, 5) is 25.2. The molecule has 1 heterocycles. The maximum atomic E-state index is 12.3. The number of carbonyl (C=O) groups excluding carboxylic acids is 2. The first kappa shape index (κ1) is 13.2. The highest BCUT2D eigenvalue weighted by Gasteiger charge is 2.23. The van der Waals surface area contributed by atoms with E-state index in [1.165, 1.54) is 24.1 Å². The van der Waals surface area contributed by atoms with Gasteiger partial charge in [-0.1, -0.05) is 0 Å². The summed E-state index contributed by atoms with van der Waals surface area (Å²) >= 11 is 0. The van der Waals surface area contributed by atoms with Gasteiger partial charge in [0.05, 0.1) is 19.2 Å². The second-order valence-electron chi connectivity index (χ2n) is 4.31. The Balaban J connectivity index is 2.24. The normalized spacial score (nSPS) is 15.6. The summed E-state index contributed by atoms with van der Waals surface area (Å²) in [5.41, 5.74) is 0.147. The van der Waals surface area contributed by atoms with Crippen LogP contribution in [0.5, 0.6) is 11.5 Å². The van der Waals surface area contributed by atoms with Crippen LogP contribution in [0.25, 0.3) is 0 Å². The lowest BCUT2D eigenvalue weighted by molar-refractivity contribution is -0.121. The SMILES string of the molecule is COc1ccc(O)c(C(=O)N2CCCNC(=O)C2)c1. The molecule has 0 bridgehead atoms. The van der Waals surface area contributed by atoms with Crippen LogP contribution in [0.2, 0.25) is 0 Å². The van der Waals surface area contributed by atoms with Gasteiger partial charge < -0.3 is 20.1 Å². The first-order chi connectivity index (χ1) is 9.11. The maximum absolute atomic E-state index is 12.3. The van der Waals surface area contributed by atoms with Crippen molar-refractivity contribution < 1.29 is 19.4 Å². The van der Waals surface area contributed by atoms with Crippen LogP contribution in [0, 0.1) is 0 Å². The van der Waals surface area contributed by atoms with Crippen molar-refractivity contribution in [3.05, 3.63) is 23.8 Å². The lowest BCUT2D eigenvalue weighted by Gasteiger charge is -2.19. The number of methoxy groups -OCH3 is 1. The molecule has 0 aromatic heterocycles. The standard InChI is InChI=1S/C13H16N2O4/c1-19-9-3-4-11(16)10(7-9)13(18)15-6-2-5-14-12(17)8-15/h3-4,7,16H,2,5-6,8H2,1H3,(H,14,17). The van der Waals surface area contributed by atoms with Gasteiger partial charge in [-0.15, -0.1) is 0 Å². The van der Waals surface area contributed by atoms with Gasteiger partial charge in [-0.05, 0) is 24.6 Å². The zero-order valence-corrected chi connectivity index (χ0v) is 10.7. The van der Waals surface area contributed by atoms with Crippen LogP contribution in [0.4, 0.5) is 0 Å². The number of carbonyl (C=O) groups is 2. The number of hydrogen-bond acceptors (Lipinski definition) is 4. The van der Waals surface area contributed by atoms with Gasteiger partial charge in [0.15, 0.2) is 0 Å². The number of nitrogens with one attached hydrogen (secondary N) is 1. The van der Waals surface area contributed by atoms with E-state index in [1.807, 2.05) is 0 Å². The first-order valence-electron chi connectivity index (χ1n) is 6.05. The van der Waals surface area contributed by atoms with Gasteiger partial charge in [0.2, 0.25) is 5.91 Å². The molecule has 0 saturated carbocycles. The molecule has 1 aromatic carbocycles. The molecule has 0 aliphatic carbocycles. The summed E-state index contributed by atoms with van der Waals surface area (Å²) in [6, 6.07) is 4.45. The van der Waals surface area contributed by atoms with E-state index in [9.17, 15) is 14.7 Å². The number of amides is 2. The van der Waals surface area contributed by atoms with Crippen molar-refractivity contribution >= 4 is 11.8 Å². The Morgan fingerprint density at radius 1 is 1.47 bits per heavy atom. The lowest BCUT2D eigenvalue weighted by atomic mass is 10.1. The van der Waals surface area contributed by atoms with Crippen molar-refractivity contribution in [2.24, 2.45) is 0 Å². The largest absolute Gasteiger partial charge is 0.507 e. The molecule has 2 N–H and O–H groups in total. The Bertz CT molecular complexity index is 501. The Morgan fingerprint density at radius 2 is 2.26 bits per heavy atom. The Morgan fingerprint density at radius 3 is 3.00 bits per heavy atom. The van der Waals surface area contributed by atoms with Crippen molar-refractivity contribution in [3.8, 4) is 11.5 Å². The van der Waals surface area contributed by atoms with Crippen molar-refractivity contribution in [3.63, 3.8) is 0 Å². The summed E-state index contributed by atoms with van der Waals surface area (Å²) in [5.74, 6) is -0.183. The number of rotatable bonds is 2. The first-order valence-corrected chi connectivity index (χ1v) is 6.05. The highest BCUT2D eigenvalue weighted by Crippen LogP contribution is 2.24. The summed E-state index contributed by atoms with van der Waals surface area (Å²) < 4.78 is 5.03. The van der Waals surface area contributed by atoms with E-state index in [4.69, 9.17) is 4.74 Å². The van der Waals surface area contributed by atoms with E-state index in [2.05, 4.69) is 5.32 Å². The second kappa shape index (κ2) is 5.60. The van der Waals surface area contributed by atoms with Crippen molar-refractivity contribution in [2.45, 2.75) is 6.42 Å². The molecule has 2 amide bonds. The van der Waals surface area contributed by atoms with Crippen LogP contribution in [0.15, 0.2) is 18.2 Å². The van der Waals surface area contributed by atoms with Gasteiger partial charge in [-0.3, -0.25) is 9.59 Å². The van der Waals surface area contributed by atoms with Gasteiger partial charge in [0.25, 0.3) is 5.91 Å². The van der Waals surface area contributed by atoms with Gasteiger partial charge in [-0.2, -0.15) is 0 Å². The van der Waals surface area contributed by atoms with E-state index in [1.54, 1.807) is 6.07 Å². The third kappa shape index (κ3) is 2.96. The predicted molar refractivity (Wildman–Crippen MR) is 68.2 cm³/mol. The summed E-state index contributed by atoms with van der Waals surface area (Å²) in [5, 5.41) is 12.5. The summed E-state index contributed by atoms with van der Waals surface area (Å²) in [7, 11) is 1.49. The van der Waals surface area contributed by atoms with Crippen LogP contribution in [0.1, 0.15) is 16.8 Å². The molecule has 6 nitrogen and oxygen atoms in total. The summed E-state index contributed by atoms with van der Waals surface area (Å²) in [6.07, 6.45) is 0.697. The van der Waals surface area contributed by atoms with Crippen LogP contribution >= 0.6 is 0 Å². The third-order valence-corrected chi connectivity index (χ3v) is 2.98. The maximum Gasteiger partial charge on any atom is 0.258 e. The number of phenolic OH excluding ortho intramolecular Hbond substituents is 1. The summed E-state index contributed by atoms with van der Waals surface area (Å²) in [6.45, 7) is 1.05. The average molecular weight is 264 g/mol. The van der Waals surface area contributed by atoms with Crippen LogP contribution in [-0.4, -0.2) is 48.6 Å². The quantitative estimate of drug-likeness (QED) is 0.808. The van der Waals surface area contributed by atoms with Gasteiger partial charge >= 0.3 is 0 Å². The molecule has 1 aromatic rings. The van der Waals surface area contributed by atoms with Crippen molar-refractivity contribution in [1.29, 1.82) is 0 Å². The second-order valence-corrected chi connectivity index (χ2v) is 4.31. The van der Waals surface area contributed by atoms with Crippen LogP contribution < -0.4 is 10.1 Å². The molecule has 0 unspecified atom stereocenters. The number of ether oxygens (including phenoxy) is 1. The zero-order valence-electron chi connectivity index (χ0n) is 10.7. The molecule has 2 rings (SSSR count). The van der Waals surface area contributed by atoms with Crippen molar-refractivity contribution in [1.82, 2.24) is 10.2 Å². The lowest BCUT2D eigenvalue weighted by Crippen LogP contribution is -2.37. The van der Waals surface area contributed by atoms with E-state index in [-0.39, 0.29) is 29.7 Å². The molecule has 102 valence electrons. The molecule has 6 heteroatoms. The smallest absolute Gasteiger partial charge is 0.258 e. The van der Waals surface area contributed by atoms with Gasteiger partial charge in [-0.25, -0.2) is 0 Å².